The van der Waals surface area contributed by atoms with E-state index in [0.29, 0.717) is 78.9 Å². The van der Waals surface area contributed by atoms with Crippen molar-refractivity contribution < 1.29 is 13.9 Å². The molecule has 0 bridgehead atoms. The molecule has 11 heteroatoms. The van der Waals surface area contributed by atoms with E-state index in [-0.39, 0.29) is 29.5 Å². The molecule has 5 heterocycles. The second-order valence-corrected chi connectivity index (χ2v) is 10.9. The third kappa shape index (κ3) is 4.06. The second kappa shape index (κ2) is 9.18. The van der Waals surface area contributed by atoms with Crippen molar-refractivity contribution in [3.05, 3.63) is 46.1 Å². The lowest BCUT2D eigenvalue weighted by molar-refractivity contribution is -0.0109. The number of nitrogens with zero attached hydrogens (tertiary/aromatic N) is 5. The zero-order valence-corrected chi connectivity index (χ0v) is 21.8. The van der Waals surface area contributed by atoms with Crippen LogP contribution in [-0.4, -0.2) is 63.0 Å². The molecule has 3 aromatic heterocycles. The van der Waals surface area contributed by atoms with Gasteiger partial charge in [0, 0.05) is 54.6 Å². The van der Waals surface area contributed by atoms with Gasteiger partial charge in [-0.1, -0.05) is 18.5 Å². The molecule has 1 aliphatic carbocycles. The molecule has 2 aliphatic heterocycles. The van der Waals surface area contributed by atoms with E-state index in [9.17, 15) is 4.79 Å². The van der Waals surface area contributed by atoms with E-state index in [2.05, 4.69) is 27.3 Å². The van der Waals surface area contributed by atoms with Gasteiger partial charge in [-0.2, -0.15) is 0 Å². The molecular formula is C26H31ClFN7O2. The molecule has 196 valence electrons. The number of aromatic nitrogens is 4. The van der Waals surface area contributed by atoms with E-state index in [1.54, 1.807) is 12.3 Å². The minimum Gasteiger partial charge on any atom is -0.371 e. The number of hydrogen-bond donors (Lipinski definition) is 2. The molecule has 1 spiro atoms. The highest BCUT2D eigenvalue weighted by Gasteiger charge is 2.52. The quantitative estimate of drug-likeness (QED) is 0.536. The standard InChI is InChI=1S/C26H31ClFN7O2/c1-3-34-11-18(27)16-9-21(32-33-24(16)34)25(36)30-15-4-5-20-17(8-15)19(28)10-23(31-20)35-12-22(29)26(13-35)14(2)6-7-37-26/h9-11,14-15,22H,3-8,12-13,29H2,1-2H3,(H,30,36). The summed E-state index contributed by atoms with van der Waals surface area (Å²) in [6.45, 7) is 6.77. The normalized spacial score (nSPS) is 27.3. The molecule has 6 rings (SSSR count). The van der Waals surface area contributed by atoms with Crippen molar-refractivity contribution in [1.82, 2.24) is 25.1 Å². The number of carbonyl (C=O) groups is 1. The lowest BCUT2D eigenvalue weighted by Crippen LogP contribution is -2.50. The maximum atomic E-state index is 15.3. The van der Waals surface area contributed by atoms with Gasteiger partial charge in [-0.15, -0.1) is 10.2 Å². The van der Waals surface area contributed by atoms with Crippen molar-refractivity contribution in [1.29, 1.82) is 0 Å². The van der Waals surface area contributed by atoms with Crippen LogP contribution < -0.4 is 16.0 Å². The highest BCUT2D eigenvalue weighted by molar-refractivity contribution is 6.35. The lowest BCUT2D eigenvalue weighted by atomic mass is 9.85. The summed E-state index contributed by atoms with van der Waals surface area (Å²) in [5.41, 5.74) is 8.21. The fourth-order valence-electron chi connectivity index (χ4n) is 6.13. The number of nitrogens with one attached hydrogen (secondary N) is 1. The number of carbonyl (C=O) groups excluding carboxylic acids is 1. The smallest absolute Gasteiger partial charge is 0.272 e. The van der Waals surface area contributed by atoms with Gasteiger partial charge in [-0.05, 0) is 44.6 Å². The molecule has 2 fully saturated rings. The van der Waals surface area contributed by atoms with Crippen molar-refractivity contribution in [3.63, 3.8) is 0 Å². The van der Waals surface area contributed by atoms with E-state index in [1.165, 1.54) is 6.07 Å². The van der Waals surface area contributed by atoms with Crippen molar-refractivity contribution in [2.75, 3.05) is 24.6 Å². The van der Waals surface area contributed by atoms with E-state index in [4.69, 9.17) is 27.1 Å². The average molecular weight is 528 g/mol. The third-order valence-corrected chi connectivity index (χ3v) is 8.67. The Labute approximate surface area is 219 Å². The van der Waals surface area contributed by atoms with Gasteiger partial charge < -0.3 is 25.3 Å². The van der Waals surface area contributed by atoms with Crippen LogP contribution in [0.3, 0.4) is 0 Å². The molecule has 3 N–H and O–H groups in total. The van der Waals surface area contributed by atoms with Gasteiger partial charge in [0.05, 0.1) is 17.6 Å². The van der Waals surface area contributed by atoms with Crippen LogP contribution in [0.1, 0.15) is 48.4 Å². The minimum absolute atomic E-state index is 0.136. The first-order chi connectivity index (χ1) is 17.8. The van der Waals surface area contributed by atoms with Crippen LogP contribution >= 0.6 is 11.6 Å². The monoisotopic (exact) mass is 527 g/mol. The Morgan fingerprint density at radius 2 is 2.19 bits per heavy atom. The Morgan fingerprint density at radius 1 is 1.35 bits per heavy atom. The van der Waals surface area contributed by atoms with Crippen molar-refractivity contribution in [2.24, 2.45) is 11.7 Å². The fourth-order valence-corrected chi connectivity index (χ4v) is 6.38. The molecule has 3 aliphatic rings. The number of amides is 1. The second-order valence-electron chi connectivity index (χ2n) is 10.5. The highest BCUT2D eigenvalue weighted by Crippen LogP contribution is 2.40. The van der Waals surface area contributed by atoms with Crippen LogP contribution in [0.2, 0.25) is 5.02 Å². The number of fused-ring (bicyclic) bond motifs is 2. The largest absolute Gasteiger partial charge is 0.371 e. The van der Waals surface area contributed by atoms with Crippen molar-refractivity contribution in [3.8, 4) is 0 Å². The van der Waals surface area contributed by atoms with Gasteiger partial charge in [0.2, 0.25) is 0 Å². The summed E-state index contributed by atoms with van der Waals surface area (Å²) in [5.74, 6) is 0.304. The van der Waals surface area contributed by atoms with E-state index >= 15 is 4.39 Å². The molecule has 37 heavy (non-hydrogen) atoms. The molecule has 0 saturated carbocycles. The molecule has 4 unspecified atom stereocenters. The van der Waals surface area contributed by atoms with Crippen LogP contribution in [0.15, 0.2) is 18.3 Å². The molecule has 4 atom stereocenters. The molecule has 1 amide bonds. The molecule has 3 aromatic rings. The summed E-state index contributed by atoms with van der Waals surface area (Å²) in [5, 5.41) is 12.5. The number of aryl methyl sites for hydroxylation is 2. The SMILES string of the molecule is CCn1cc(Cl)c2cc(C(=O)NC3CCc4nc(N5CC(N)C6(C5)OCCC6C)cc(F)c4C3)nnc21. The number of pyridine rings is 1. The number of halogens is 2. The lowest BCUT2D eigenvalue weighted by Gasteiger charge is -2.31. The molecular weight excluding hydrogens is 497 g/mol. The average Bonchev–Trinajstić information content (AvgIpc) is 3.54. The Balaban J connectivity index is 1.17. The first kappa shape index (κ1) is 24.5. The van der Waals surface area contributed by atoms with Crippen LogP contribution in [0.5, 0.6) is 0 Å². The number of nitrogens with two attached hydrogens (primary N) is 1. The summed E-state index contributed by atoms with van der Waals surface area (Å²) in [4.78, 5) is 19.8. The zero-order valence-electron chi connectivity index (χ0n) is 21.0. The number of hydrogen-bond acceptors (Lipinski definition) is 7. The topological polar surface area (TPSA) is 111 Å². The van der Waals surface area contributed by atoms with Crippen LogP contribution in [0, 0.1) is 11.7 Å². The van der Waals surface area contributed by atoms with Gasteiger partial charge in [0.1, 0.15) is 17.2 Å². The fraction of sp³-hybridized carbons (Fsp3) is 0.538. The maximum Gasteiger partial charge on any atom is 0.272 e. The predicted molar refractivity (Wildman–Crippen MR) is 138 cm³/mol. The van der Waals surface area contributed by atoms with Gasteiger partial charge >= 0.3 is 0 Å². The molecule has 0 radical (unpaired) electrons. The van der Waals surface area contributed by atoms with Gasteiger partial charge in [0.25, 0.3) is 5.91 Å². The number of anilines is 1. The Morgan fingerprint density at radius 3 is 2.95 bits per heavy atom. The number of rotatable bonds is 4. The number of ether oxygens (including phenoxy) is 1. The summed E-state index contributed by atoms with van der Waals surface area (Å²) in [6, 6.07) is 2.78. The minimum atomic E-state index is -0.390. The third-order valence-electron chi connectivity index (χ3n) is 8.37. The van der Waals surface area contributed by atoms with Gasteiger partial charge in [-0.25, -0.2) is 9.37 Å². The van der Waals surface area contributed by atoms with Crippen LogP contribution in [0.25, 0.3) is 11.0 Å². The summed E-state index contributed by atoms with van der Waals surface area (Å²) in [7, 11) is 0. The molecule has 9 nitrogen and oxygen atoms in total. The van der Waals surface area contributed by atoms with Crippen molar-refractivity contribution in [2.45, 2.75) is 63.8 Å². The van der Waals surface area contributed by atoms with Gasteiger partial charge in [-0.3, -0.25) is 4.79 Å². The van der Waals surface area contributed by atoms with E-state index < -0.39 is 5.60 Å². The Bertz CT molecular complexity index is 1380. The van der Waals surface area contributed by atoms with Crippen molar-refractivity contribution >= 4 is 34.4 Å². The van der Waals surface area contributed by atoms with E-state index in [1.807, 2.05) is 11.5 Å². The summed E-state index contributed by atoms with van der Waals surface area (Å²) in [6.07, 6.45) is 4.35. The zero-order chi connectivity index (χ0) is 25.9. The summed E-state index contributed by atoms with van der Waals surface area (Å²) < 4.78 is 23.3. The van der Waals surface area contributed by atoms with Crippen LogP contribution in [-0.2, 0) is 24.1 Å². The summed E-state index contributed by atoms with van der Waals surface area (Å²) >= 11 is 6.32. The maximum absolute atomic E-state index is 15.3. The molecule has 2 saturated heterocycles. The van der Waals surface area contributed by atoms with Gasteiger partial charge in [0.15, 0.2) is 11.3 Å². The predicted octanol–water partition coefficient (Wildman–Crippen LogP) is 2.87. The first-order valence-corrected chi connectivity index (χ1v) is 13.3. The highest BCUT2D eigenvalue weighted by atomic mass is 35.5. The van der Waals surface area contributed by atoms with Crippen LogP contribution in [0.4, 0.5) is 10.2 Å². The Hall–Kier alpha value is -2.82. The Kier molecular flexibility index (Phi) is 6.08. The van der Waals surface area contributed by atoms with E-state index in [0.717, 1.165) is 12.1 Å². The molecule has 0 aromatic carbocycles. The first-order valence-electron chi connectivity index (χ1n) is 12.9.